The fourth-order valence-electron chi connectivity index (χ4n) is 1.82. The number of ether oxygens (including phenoxy) is 1. The summed E-state index contributed by atoms with van der Waals surface area (Å²) in [7, 11) is 1.88. The number of hydrogen-bond donors (Lipinski definition) is 0. The molecule has 0 aliphatic carbocycles. The van der Waals surface area contributed by atoms with Crippen LogP contribution in [0.4, 0.5) is 0 Å². The summed E-state index contributed by atoms with van der Waals surface area (Å²) < 4.78 is 7.75. The first-order valence-corrected chi connectivity index (χ1v) is 5.50. The monoisotopic (exact) mass is 232 g/mol. The van der Waals surface area contributed by atoms with Gasteiger partial charge in [0.1, 0.15) is 22.4 Å². The number of fused-ring (bicyclic) bond motifs is 1. The van der Waals surface area contributed by atoms with Gasteiger partial charge in [0.15, 0.2) is 6.29 Å². The molecule has 2 rings (SSSR count). The van der Waals surface area contributed by atoms with E-state index in [0.29, 0.717) is 11.1 Å². The molecule has 4 nitrogen and oxygen atoms in total. The van der Waals surface area contributed by atoms with Gasteiger partial charge < -0.3 is 9.30 Å². The summed E-state index contributed by atoms with van der Waals surface area (Å²) >= 11 is 0. The standard InChI is InChI=1S/C13H16N2O2/c1-13(2,3)17-10-5-6-14-11-9(8-16)7-15(4)12(10)11/h5-8H,1-4H3. The number of hydrogen-bond acceptors (Lipinski definition) is 3. The molecule has 0 atom stereocenters. The number of carbonyl (C=O) groups is 1. The minimum Gasteiger partial charge on any atom is -0.486 e. The van der Waals surface area contributed by atoms with Crippen LogP contribution in [0.2, 0.25) is 0 Å². The molecule has 17 heavy (non-hydrogen) atoms. The summed E-state index contributed by atoms with van der Waals surface area (Å²) in [5.41, 5.74) is 1.84. The first-order chi connectivity index (χ1) is 7.92. The van der Waals surface area contributed by atoms with Crippen LogP contribution in [0.3, 0.4) is 0 Å². The average molecular weight is 232 g/mol. The quantitative estimate of drug-likeness (QED) is 0.747. The Balaban J connectivity index is 2.65. The van der Waals surface area contributed by atoms with Gasteiger partial charge in [0.25, 0.3) is 0 Å². The molecule has 0 fully saturated rings. The van der Waals surface area contributed by atoms with Crippen LogP contribution >= 0.6 is 0 Å². The van der Waals surface area contributed by atoms with Gasteiger partial charge in [-0.25, -0.2) is 0 Å². The molecule has 0 saturated carbocycles. The van der Waals surface area contributed by atoms with E-state index >= 15 is 0 Å². The lowest BCUT2D eigenvalue weighted by molar-refractivity contribution is 0.112. The largest absolute Gasteiger partial charge is 0.486 e. The summed E-state index contributed by atoms with van der Waals surface area (Å²) in [5, 5.41) is 0. The fourth-order valence-corrected chi connectivity index (χ4v) is 1.82. The van der Waals surface area contributed by atoms with E-state index in [-0.39, 0.29) is 5.60 Å². The molecule has 0 radical (unpaired) electrons. The molecular formula is C13H16N2O2. The Kier molecular flexibility index (Phi) is 2.65. The third-order valence-corrected chi connectivity index (χ3v) is 2.39. The van der Waals surface area contributed by atoms with E-state index in [1.807, 2.05) is 38.5 Å². The third-order valence-electron chi connectivity index (χ3n) is 2.39. The molecule has 0 bridgehead atoms. The highest BCUT2D eigenvalue weighted by Gasteiger charge is 2.17. The summed E-state index contributed by atoms with van der Waals surface area (Å²) in [6, 6.07) is 1.82. The maximum Gasteiger partial charge on any atom is 0.153 e. The van der Waals surface area contributed by atoms with Crippen LogP contribution < -0.4 is 4.74 Å². The maximum absolute atomic E-state index is 10.9. The van der Waals surface area contributed by atoms with Crippen LogP contribution in [0.25, 0.3) is 11.0 Å². The Morgan fingerprint density at radius 2 is 2.12 bits per heavy atom. The van der Waals surface area contributed by atoms with Gasteiger partial charge in [0, 0.05) is 25.5 Å². The molecule has 0 unspecified atom stereocenters. The van der Waals surface area contributed by atoms with Crippen molar-refractivity contribution in [1.29, 1.82) is 0 Å². The second kappa shape index (κ2) is 3.87. The molecule has 0 aliphatic rings. The number of aldehydes is 1. The van der Waals surface area contributed by atoms with Crippen molar-refractivity contribution >= 4 is 17.3 Å². The van der Waals surface area contributed by atoms with Crippen LogP contribution in [0.15, 0.2) is 18.5 Å². The molecule has 4 heteroatoms. The van der Waals surface area contributed by atoms with Crippen molar-refractivity contribution in [3.8, 4) is 5.75 Å². The van der Waals surface area contributed by atoms with E-state index in [0.717, 1.165) is 17.6 Å². The number of pyridine rings is 1. The number of aryl methyl sites for hydroxylation is 1. The molecule has 0 spiro atoms. The lowest BCUT2D eigenvalue weighted by atomic mass is 10.2. The lowest BCUT2D eigenvalue weighted by Gasteiger charge is -2.21. The maximum atomic E-state index is 10.9. The molecule has 0 saturated heterocycles. The van der Waals surface area contributed by atoms with E-state index in [1.165, 1.54) is 0 Å². The van der Waals surface area contributed by atoms with Crippen LogP contribution in [0, 0.1) is 0 Å². The first-order valence-electron chi connectivity index (χ1n) is 5.50. The first kappa shape index (κ1) is 11.6. The fraction of sp³-hybridized carbons (Fsp3) is 0.385. The zero-order chi connectivity index (χ0) is 12.6. The number of carbonyl (C=O) groups excluding carboxylic acids is 1. The SMILES string of the molecule is Cn1cc(C=O)c2nccc(OC(C)(C)C)c21. The number of aromatic nitrogens is 2. The molecule has 0 aliphatic heterocycles. The van der Waals surface area contributed by atoms with Crippen LogP contribution in [-0.2, 0) is 7.05 Å². The smallest absolute Gasteiger partial charge is 0.153 e. The Morgan fingerprint density at radius 1 is 1.41 bits per heavy atom. The normalized spacial score (nSPS) is 11.8. The Bertz CT molecular complexity index is 565. The van der Waals surface area contributed by atoms with E-state index in [1.54, 1.807) is 12.4 Å². The average Bonchev–Trinajstić information content (AvgIpc) is 2.54. The van der Waals surface area contributed by atoms with Gasteiger partial charge in [-0.2, -0.15) is 0 Å². The number of rotatable bonds is 2. The Hall–Kier alpha value is -1.84. The van der Waals surface area contributed by atoms with E-state index < -0.39 is 0 Å². The van der Waals surface area contributed by atoms with Gasteiger partial charge >= 0.3 is 0 Å². The minimum absolute atomic E-state index is 0.278. The zero-order valence-electron chi connectivity index (χ0n) is 10.5. The highest BCUT2D eigenvalue weighted by atomic mass is 16.5. The second-order valence-corrected chi connectivity index (χ2v) is 5.03. The van der Waals surface area contributed by atoms with Crippen LogP contribution in [0.5, 0.6) is 5.75 Å². The molecule has 2 aromatic heterocycles. The van der Waals surface area contributed by atoms with Crippen LogP contribution in [0.1, 0.15) is 31.1 Å². The minimum atomic E-state index is -0.278. The van der Waals surface area contributed by atoms with Crippen molar-refractivity contribution in [1.82, 2.24) is 9.55 Å². The molecule has 0 N–H and O–H groups in total. The summed E-state index contributed by atoms with van der Waals surface area (Å²) in [4.78, 5) is 15.2. The van der Waals surface area contributed by atoms with Gasteiger partial charge in [-0.1, -0.05) is 0 Å². The van der Waals surface area contributed by atoms with Gasteiger partial charge in [-0.15, -0.1) is 0 Å². The Morgan fingerprint density at radius 3 is 2.71 bits per heavy atom. The topological polar surface area (TPSA) is 44.1 Å². The van der Waals surface area contributed by atoms with E-state index in [4.69, 9.17) is 4.74 Å². The highest BCUT2D eigenvalue weighted by Crippen LogP contribution is 2.29. The second-order valence-electron chi connectivity index (χ2n) is 5.03. The highest BCUT2D eigenvalue weighted by molar-refractivity contribution is 5.97. The van der Waals surface area contributed by atoms with Crippen molar-refractivity contribution in [2.24, 2.45) is 7.05 Å². The van der Waals surface area contributed by atoms with E-state index in [9.17, 15) is 4.79 Å². The van der Waals surface area contributed by atoms with Crippen molar-refractivity contribution in [2.75, 3.05) is 0 Å². The van der Waals surface area contributed by atoms with Gasteiger partial charge in [-0.3, -0.25) is 9.78 Å². The third kappa shape index (κ3) is 2.16. The van der Waals surface area contributed by atoms with Crippen molar-refractivity contribution in [3.63, 3.8) is 0 Å². The molecule has 0 aromatic carbocycles. The van der Waals surface area contributed by atoms with Crippen molar-refractivity contribution in [3.05, 3.63) is 24.0 Å². The van der Waals surface area contributed by atoms with Crippen molar-refractivity contribution in [2.45, 2.75) is 26.4 Å². The lowest BCUT2D eigenvalue weighted by Crippen LogP contribution is -2.23. The molecule has 90 valence electrons. The predicted molar refractivity (Wildman–Crippen MR) is 66.5 cm³/mol. The summed E-state index contributed by atoms with van der Waals surface area (Å²) in [5.74, 6) is 0.748. The molecule has 2 heterocycles. The van der Waals surface area contributed by atoms with Crippen molar-refractivity contribution < 1.29 is 9.53 Å². The van der Waals surface area contributed by atoms with Crippen LogP contribution in [-0.4, -0.2) is 21.4 Å². The molecular weight excluding hydrogens is 216 g/mol. The number of nitrogens with zero attached hydrogens (tertiary/aromatic N) is 2. The van der Waals surface area contributed by atoms with E-state index in [2.05, 4.69) is 4.98 Å². The predicted octanol–water partition coefficient (Wildman–Crippen LogP) is 2.56. The van der Waals surface area contributed by atoms with Gasteiger partial charge in [0.05, 0.1) is 5.56 Å². The molecule has 2 aromatic rings. The van der Waals surface area contributed by atoms with Gasteiger partial charge in [0.2, 0.25) is 0 Å². The van der Waals surface area contributed by atoms with Gasteiger partial charge in [-0.05, 0) is 20.8 Å². The zero-order valence-corrected chi connectivity index (χ0v) is 10.5. The Labute approximate surface area is 100 Å². The molecule has 0 amide bonds. The summed E-state index contributed by atoms with van der Waals surface area (Å²) in [6.45, 7) is 5.97. The summed E-state index contributed by atoms with van der Waals surface area (Å²) in [6.07, 6.45) is 4.24.